The van der Waals surface area contributed by atoms with Crippen LogP contribution in [-0.2, 0) is 14.6 Å². The molecule has 0 bridgehead atoms. The average Bonchev–Trinajstić information content (AvgIpc) is 2.98. The number of likely N-dealkylation sites (N-methyl/N-ethyl adjacent to an activating group) is 1. The van der Waals surface area contributed by atoms with Crippen LogP contribution < -0.4 is 10.2 Å². The number of sulfone groups is 1. The Morgan fingerprint density at radius 2 is 1.85 bits per heavy atom. The van der Waals surface area contributed by atoms with E-state index in [1.807, 2.05) is 61.6 Å². The van der Waals surface area contributed by atoms with Crippen LogP contribution in [-0.4, -0.2) is 45.5 Å². The molecule has 7 heteroatoms. The molecule has 0 aromatic heterocycles. The van der Waals surface area contributed by atoms with Crippen LogP contribution in [0.5, 0.6) is 0 Å². The first-order valence-corrected chi connectivity index (χ1v) is 11.2. The summed E-state index contributed by atoms with van der Waals surface area (Å²) in [5, 5.41) is 2.98. The molecule has 1 aliphatic heterocycles. The molecule has 2 aromatic carbocycles. The van der Waals surface area contributed by atoms with E-state index in [4.69, 9.17) is 0 Å². The van der Waals surface area contributed by atoms with Gasteiger partial charge in [0, 0.05) is 16.2 Å². The highest BCUT2D eigenvalue weighted by Crippen LogP contribution is 2.33. The molecule has 2 N–H and O–H groups in total. The quantitative estimate of drug-likeness (QED) is 0.783. The van der Waals surface area contributed by atoms with Crippen LogP contribution in [0.1, 0.15) is 6.42 Å². The van der Waals surface area contributed by atoms with E-state index < -0.39 is 9.84 Å². The van der Waals surface area contributed by atoms with E-state index in [-0.39, 0.29) is 30.0 Å². The summed E-state index contributed by atoms with van der Waals surface area (Å²) in [5.74, 6) is 0.299. The fourth-order valence-corrected chi connectivity index (χ4v) is 5.85. The van der Waals surface area contributed by atoms with Gasteiger partial charge in [0.05, 0.1) is 18.5 Å². The van der Waals surface area contributed by atoms with Crippen LogP contribution in [0, 0.1) is 0 Å². The van der Waals surface area contributed by atoms with Crippen LogP contribution >= 0.6 is 11.8 Å². The zero-order valence-electron chi connectivity index (χ0n) is 14.6. The third-order valence-corrected chi connectivity index (χ3v) is 7.35. The maximum atomic E-state index is 12.5. The van der Waals surface area contributed by atoms with Crippen LogP contribution in [0.4, 0.5) is 5.69 Å². The van der Waals surface area contributed by atoms with Crippen LogP contribution in [0.25, 0.3) is 0 Å². The summed E-state index contributed by atoms with van der Waals surface area (Å²) in [6.07, 6.45) is 0.627. The molecule has 1 heterocycles. The van der Waals surface area contributed by atoms with Gasteiger partial charge in [-0.25, -0.2) is 8.42 Å². The molecule has 1 saturated heterocycles. The monoisotopic (exact) mass is 391 g/mol. The third kappa shape index (κ3) is 5.09. The Hall–Kier alpha value is -1.83. The Morgan fingerprint density at radius 3 is 2.54 bits per heavy atom. The molecule has 1 fully saturated rings. The van der Waals surface area contributed by atoms with Crippen molar-refractivity contribution in [2.75, 3.05) is 30.4 Å². The molecule has 0 saturated carbocycles. The van der Waals surface area contributed by atoms with Crippen molar-refractivity contribution < 1.29 is 18.1 Å². The number of rotatable bonds is 6. The first-order valence-electron chi connectivity index (χ1n) is 8.57. The second-order valence-electron chi connectivity index (χ2n) is 6.58. The summed E-state index contributed by atoms with van der Waals surface area (Å²) in [7, 11) is -1.05. The SMILES string of the molecule is C[NH+](CC(=O)Nc1ccccc1Sc1ccccc1)[C@H]1CCS(=O)(=O)C1. The largest absolute Gasteiger partial charge is 0.326 e. The summed E-state index contributed by atoms with van der Waals surface area (Å²) < 4.78 is 23.2. The van der Waals surface area contributed by atoms with Gasteiger partial charge >= 0.3 is 0 Å². The number of para-hydroxylation sites is 1. The standard InChI is InChI=1S/C19H22N2O3S2/c1-21(15-11-12-26(23,24)14-15)13-19(22)20-17-9-5-6-10-18(17)25-16-7-3-2-4-8-16/h2-10,15H,11-14H2,1H3,(H,20,22)/p+1/t15-/m0/s1. The molecular formula is C19H23N2O3S2+. The van der Waals surface area contributed by atoms with E-state index in [0.29, 0.717) is 6.42 Å². The maximum absolute atomic E-state index is 12.5. The number of benzene rings is 2. The van der Waals surface area contributed by atoms with Crippen molar-refractivity contribution in [1.29, 1.82) is 0 Å². The van der Waals surface area contributed by atoms with E-state index >= 15 is 0 Å². The van der Waals surface area contributed by atoms with Gasteiger partial charge in [-0.1, -0.05) is 42.1 Å². The highest BCUT2D eigenvalue weighted by molar-refractivity contribution is 7.99. The van der Waals surface area contributed by atoms with Gasteiger partial charge in [-0.3, -0.25) is 4.79 Å². The third-order valence-electron chi connectivity index (χ3n) is 4.50. The molecule has 1 unspecified atom stereocenters. The summed E-state index contributed by atoms with van der Waals surface area (Å²) >= 11 is 1.60. The normalized spacial score (nSPS) is 19.8. The Kier molecular flexibility index (Phi) is 6.01. The van der Waals surface area contributed by atoms with E-state index in [1.54, 1.807) is 11.8 Å². The average molecular weight is 392 g/mol. The predicted octanol–water partition coefficient (Wildman–Crippen LogP) is 1.48. The highest BCUT2D eigenvalue weighted by Gasteiger charge is 2.34. The number of quaternary nitrogens is 1. The van der Waals surface area contributed by atoms with E-state index in [1.165, 1.54) is 0 Å². The van der Waals surface area contributed by atoms with E-state index in [2.05, 4.69) is 5.32 Å². The van der Waals surface area contributed by atoms with Crippen LogP contribution in [0.3, 0.4) is 0 Å². The lowest BCUT2D eigenvalue weighted by Crippen LogP contribution is -3.14. The molecule has 3 rings (SSSR count). The smallest absolute Gasteiger partial charge is 0.279 e. The molecule has 5 nitrogen and oxygen atoms in total. The highest BCUT2D eigenvalue weighted by atomic mass is 32.2. The van der Waals surface area contributed by atoms with Gasteiger partial charge in [0.15, 0.2) is 16.4 Å². The van der Waals surface area contributed by atoms with Crippen LogP contribution in [0.15, 0.2) is 64.4 Å². The molecule has 2 atom stereocenters. The predicted molar refractivity (Wildman–Crippen MR) is 104 cm³/mol. The van der Waals surface area contributed by atoms with E-state index in [0.717, 1.165) is 20.4 Å². The zero-order chi connectivity index (χ0) is 18.6. The summed E-state index contributed by atoms with van der Waals surface area (Å²) in [4.78, 5) is 15.5. The summed E-state index contributed by atoms with van der Waals surface area (Å²) in [5.41, 5.74) is 0.776. The molecule has 0 spiro atoms. The van der Waals surface area contributed by atoms with Crippen molar-refractivity contribution >= 4 is 33.2 Å². The summed E-state index contributed by atoms with van der Waals surface area (Å²) in [6.45, 7) is 0.254. The van der Waals surface area contributed by atoms with Crippen molar-refractivity contribution in [3.05, 3.63) is 54.6 Å². The van der Waals surface area contributed by atoms with Gasteiger partial charge in [0.2, 0.25) is 0 Å². The molecule has 2 aromatic rings. The molecule has 1 amide bonds. The lowest BCUT2D eigenvalue weighted by atomic mass is 10.2. The number of anilines is 1. The lowest BCUT2D eigenvalue weighted by Gasteiger charge is -2.20. The topological polar surface area (TPSA) is 67.7 Å². The molecule has 1 aliphatic rings. The second-order valence-corrected chi connectivity index (χ2v) is 9.93. The van der Waals surface area contributed by atoms with Gasteiger partial charge in [-0.2, -0.15) is 0 Å². The van der Waals surface area contributed by atoms with Gasteiger partial charge in [0.25, 0.3) is 5.91 Å². The molecule has 138 valence electrons. The minimum absolute atomic E-state index is 0.000289. The lowest BCUT2D eigenvalue weighted by molar-refractivity contribution is -0.894. The number of hydrogen-bond donors (Lipinski definition) is 2. The first kappa shape index (κ1) is 18.9. The van der Waals surface area contributed by atoms with Gasteiger partial charge in [-0.15, -0.1) is 0 Å². The Labute approximate surface area is 158 Å². The maximum Gasteiger partial charge on any atom is 0.279 e. The summed E-state index contributed by atoms with van der Waals surface area (Å²) in [6, 6.07) is 17.7. The van der Waals surface area contributed by atoms with Gasteiger partial charge in [-0.05, 0) is 24.3 Å². The molecule has 0 aliphatic carbocycles. The van der Waals surface area contributed by atoms with Crippen molar-refractivity contribution in [2.24, 2.45) is 0 Å². The Bertz CT molecular complexity index is 869. The molecule has 26 heavy (non-hydrogen) atoms. The first-order chi connectivity index (χ1) is 12.4. The number of carbonyl (C=O) groups is 1. The number of nitrogens with one attached hydrogen (secondary N) is 2. The number of amides is 1. The second kappa shape index (κ2) is 8.24. The van der Waals surface area contributed by atoms with Crippen molar-refractivity contribution in [3.63, 3.8) is 0 Å². The van der Waals surface area contributed by atoms with Crippen molar-refractivity contribution in [2.45, 2.75) is 22.3 Å². The molecular weight excluding hydrogens is 368 g/mol. The van der Waals surface area contributed by atoms with Crippen molar-refractivity contribution in [3.8, 4) is 0 Å². The fourth-order valence-electron chi connectivity index (χ4n) is 3.05. The molecule has 0 radical (unpaired) electrons. The number of hydrogen-bond acceptors (Lipinski definition) is 4. The Morgan fingerprint density at radius 1 is 1.15 bits per heavy atom. The number of carbonyl (C=O) groups excluding carboxylic acids is 1. The Balaban J connectivity index is 1.62. The van der Waals surface area contributed by atoms with Crippen molar-refractivity contribution in [1.82, 2.24) is 0 Å². The van der Waals surface area contributed by atoms with Crippen LogP contribution in [0.2, 0.25) is 0 Å². The minimum Gasteiger partial charge on any atom is -0.326 e. The fraction of sp³-hybridized carbons (Fsp3) is 0.316. The zero-order valence-corrected chi connectivity index (χ0v) is 16.3. The van der Waals surface area contributed by atoms with Gasteiger partial charge < -0.3 is 10.2 Å². The minimum atomic E-state index is -2.93. The van der Waals surface area contributed by atoms with Gasteiger partial charge in [0.1, 0.15) is 11.8 Å². The van der Waals surface area contributed by atoms with E-state index in [9.17, 15) is 13.2 Å².